The topological polar surface area (TPSA) is 70.8 Å². The number of piperidine rings is 1. The number of furan rings is 1. The molecule has 19 heavy (non-hydrogen) atoms. The van der Waals surface area contributed by atoms with Gasteiger partial charge in [0.25, 0.3) is 0 Å². The van der Waals surface area contributed by atoms with Gasteiger partial charge in [-0.05, 0) is 42.3 Å². The number of halogens is 1. The molecule has 1 aromatic heterocycles. The Kier molecular flexibility index (Phi) is 3.99. The number of carbonyl (C=O) groups is 2. The van der Waals surface area contributed by atoms with Gasteiger partial charge in [0.2, 0.25) is 5.91 Å². The first-order chi connectivity index (χ1) is 8.93. The van der Waals surface area contributed by atoms with E-state index in [1.165, 1.54) is 6.26 Å². The highest BCUT2D eigenvalue weighted by Gasteiger charge is 2.44. The minimum atomic E-state index is -0.897. The molecule has 0 saturated carbocycles. The van der Waals surface area contributed by atoms with Crippen LogP contribution in [0.3, 0.4) is 0 Å². The summed E-state index contributed by atoms with van der Waals surface area (Å²) >= 11 is 3.35. The molecule has 1 amide bonds. The number of nitrogens with zero attached hydrogens (tertiary/aromatic N) is 1. The summed E-state index contributed by atoms with van der Waals surface area (Å²) in [6.45, 7) is 3.76. The van der Waals surface area contributed by atoms with Gasteiger partial charge in [-0.1, -0.05) is 0 Å². The largest absolute Gasteiger partial charge is 0.481 e. The monoisotopic (exact) mass is 329 g/mol. The minimum Gasteiger partial charge on any atom is -0.481 e. The van der Waals surface area contributed by atoms with E-state index in [1.54, 1.807) is 11.0 Å². The van der Waals surface area contributed by atoms with Crippen molar-refractivity contribution < 1.29 is 19.1 Å². The summed E-state index contributed by atoms with van der Waals surface area (Å²) in [4.78, 5) is 25.2. The van der Waals surface area contributed by atoms with E-state index in [4.69, 9.17) is 4.42 Å². The first-order valence-corrected chi connectivity index (χ1v) is 6.99. The van der Waals surface area contributed by atoms with E-state index in [0.717, 1.165) is 0 Å². The molecule has 2 rings (SSSR count). The van der Waals surface area contributed by atoms with Crippen molar-refractivity contribution in [2.45, 2.75) is 38.8 Å². The second-order valence-electron chi connectivity index (χ2n) is 4.96. The summed E-state index contributed by atoms with van der Waals surface area (Å²) in [5.41, 5.74) is 0. The van der Waals surface area contributed by atoms with Gasteiger partial charge in [0, 0.05) is 12.5 Å². The molecule has 1 saturated heterocycles. The van der Waals surface area contributed by atoms with Crippen LogP contribution >= 0.6 is 15.9 Å². The number of carboxylic acids is 1. The Morgan fingerprint density at radius 2 is 2.26 bits per heavy atom. The highest BCUT2D eigenvalue weighted by molar-refractivity contribution is 9.10. The number of amides is 1. The predicted molar refractivity (Wildman–Crippen MR) is 71.5 cm³/mol. The molecule has 5 nitrogen and oxygen atoms in total. The van der Waals surface area contributed by atoms with Gasteiger partial charge >= 0.3 is 5.97 Å². The summed E-state index contributed by atoms with van der Waals surface area (Å²) in [5.74, 6) is -1.05. The number of rotatable bonds is 3. The Morgan fingerprint density at radius 1 is 1.58 bits per heavy atom. The minimum absolute atomic E-state index is 0.0270. The summed E-state index contributed by atoms with van der Waals surface area (Å²) in [5, 5.41) is 9.39. The summed E-state index contributed by atoms with van der Waals surface area (Å²) in [6, 6.07) is 1.09. The van der Waals surface area contributed by atoms with Gasteiger partial charge < -0.3 is 14.4 Å². The molecule has 0 aromatic carbocycles. The Hall–Kier alpha value is -1.30. The fraction of sp³-hybridized carbons (Fsp3) is 0.538. The zero-order valence-electron chi connectivity index (χ0n) is 10.8. The van der Waals surface area contributed by atoms with Gasteiger partial charge in [-0.2, -0.15) is 0 Å². The van der Waals surface area contributed by atoms with Crippen molar-refractivity contribution in [1.82, 2.24) is 4.90 Å². The van der Waals surface area contributed by atoms with Crippen molar-refractivity contribution in [1.29, 1.82) is 0 Å². The van der Waals surface area contributed by atoms with Crippen LogP contribution in [0, 0.1) is 5.92 Å². The number of likely N-dealkylation sites (tertiary alicyclic amines) is 1. The SMILES string of the molecule is CC(C)N1C(=O)CCC(C(=O)O)C1c1occc1Br. The van der Waals surface area contributed by atoms with Crippen LogP contribution in [0.15, 0.2) is 21.2 Å². The molecule has 104 valence electrons. The van der Waals surface area contributed by atoms with E-state index >= 15 is 0 Å². The summed E-state index contributed by atoms with van der Waals surface area (Å²) in [6.07, 6.45) is 2.11. The zero-order chi connectivity index (χ0) is 14.2. The van der Waals surface area contributed by atoms with E-state index in [1.807, 2.05) is 13.8 Å². The zero-order valence-corrected chi connectivity index (χ0v) is 12.4. The number of aliphatic carboxylic acids is 1. The fourth-order valence-electron chi connectivity index (χ4n) is 2.61. The lowest BCUT2D eigenvalue weighted by Gasteiger charge is -2.41. The van der Waals surface area contributed by atoms with E-state index in [9.17, 15) is 14.7 Å². The van der Waals surface area contributed by atoms with Gasteiger partial charge in [0.1, 0.15) is 11.8 Å². The molecule has 2 unspecified atom stereocenters. The highest BCUT2D eigenvalue weighted by Crippen LogP contribution is 2.41. The number of hydrogen-bond acceptors (Lipinski definition) is 3. The lowest BCUT2D eigenvalue weighted by atomic mass is 9.86. The molecule has 0 bridgehead atoms. The number of hydrogen-bond donors (Lipinski definition) is 1. The van der Waals surface area contributed by atoms with Crippen LogP contribution in [-0.2, 0) is 9.59 Å². The third-order valence-electron chi connectivity index (χ3n) is 3.42. The standard InChI is InChI=1S/C13H16BrNO4/c1-7(2)15-10(16)4-3-8(13(17)18)11(15)12-9(14)5-6-19-12/h5-8,11H,3-4H2,1-2H3,(H,17,18). The maximum absolute atomic E-state index is 12.1. The van der Waals surface area contributed by atoms with Crippen LogP contribution in [-0.4, -0.2) is 27.9 Å². The van der Waals surface area contributed by atoms with Crippen molar-refractivity contribution in [3.05, 3.63) is 22.6 Å². The molecule has 2 atom stereocenters. The van der Waals surface area contributed by atoms with E-state index in [-0.39, 0.29) is 18.4 Å². The molecule has 2 heterocycles. The first-order valence-electron chi connectivity index (χ1n) is 6.20. The highest BCUT2D eigenvalue weighted by atomic mass is 79.9. The first kappa shape index (κ1) is 14.1. The maximum Gasteiger partial charge on any atom is 0.309 e. The lowest BCUT2D eigenvalue weighted by Crippen LogP contribution is -2.48. The lowest BCUT2D eigenvalue weighted by molar-refractivity contribution is -0.154. The molecule has 6 heteroatoms. The Balaban J connectivity index is 2.47. The van der Waals surface area contributed by atoms with Crippen LogP contribution in [0.4, 0.5) is 0 Å². The van der Waals surface area contributed by atoms with E-state index in [2.05, 4.69) is 15.9 Å². The van der Waals surface area contributed by atoms with Crippen molar-refractivity contribution in [3.8, 4) is 0 Å². The Labute approximate surface area is 119 Å². The van der Waals surface area contributed by atoms with Crippen molar-refractivity contribution in [3.63, 3.8) is 0 Å². The Bertz CT molecular complexity index is 497. The average molecular weight is 330 g/mol. The third-order valence-corrected chi connectivity index (χ3v) is 4.08. The molecular weight excluding hydrogens is 314 g/mol. The smallest absolute Gasteiger partial charge is 0.309 e. The van der Waals surface area contributed by atoms with Crippen molar-refractivity contribution >= 4 is 27.8 Å². The second kappa shape index (κ2) is 5.36. The third kappa shape index (κ3) is 2.54. The average Bonchev–Trinajstić information content (AvgIpc) is 2.73. The molecule has 1 aliphatic rings. The Morgan fingerprint density at radius 3 is 2.74 bits per heavy atom. The van der Waals surface area contributed by atoms with E-state index < -0.39 is 17.9 Å². The van der Waals surface area contributed by atoms with Gasteiger partial charge in [-0.3, -0.25) is 9.59 Å². The van der Waals surface area contributed by atoms with Crippen LogP contribution < -0.4 is 0 Å². The molecule has 1 aromatic rings. The summed E-state index contributed by atoms with van der Waals surface area (Å²) < 4.78 is 6.11. The number of carbonyl (C=O) groups excluding carboxylic acids is 1. The van der Waals surface area contributed by atoms with Gasteiger partial charge in [0.15, 0.2) is 0 Å². The molecule has 1 fully saturated rings. The van der Waals surface area contributed by atoms with Crippen molar-refractivity contribution in [2.24, 2.45) is 5.92 Å². The van der Waals surface area contributed by atoms with E-state index in [0.29, 0.717) is 16.7 Å². The van der Waals surface area contributed by atoms with Crippen molar-refractivity contribution in [2.75, 3.05) is 0 Å². The molecule has 0 radical (unpaired) electrons. The predicted octanol–water partition coefficient (Wildman–Crippen LogP) is 2.81. The van der Waals surface area contributed by atoms with Crippen LogP contribution in [0.5, 0.6) is 0 Å². The molecular formula is C13H16BrNO4. The fourth-order valence-corrected chi connectivity index (χ4v) is 3.04. The molecule has 1 N–H and O–H groups in total. The van der Waals surface area contributed by atoms with Gasteiger partial charge in [-0.25, -0.2) is 0 Å². The van der Waals surface area contributed by atoms with Gasteiger partial charge in [-0.15, -0.1) is 0 Å². The maximum atomic E-state index is 12.1. The molecule has 0 aliphatic carbocycles. The van der Waals surface area contributed by atoms with Crippen LogP contribution in [0.2, 0.25) is 0 Å². The molecule has 0 spiro atoms. The quantitative estimate of drug-likeness (QED) is 0.925. The summed E-state index contributed by atoms with van der Waals surface area (Å²) in [7, 11) is 0. The van der Waals surface area contributed by atoms with Gasteiger partial charge in [0.05, 0.1) is 16.7 Å². The second-order valence-corrected chi connectivity index (χ2v) is 5.81. The molecule has 1 aliphatic heterocycles. The number of carboxylic acid groups (broad SMARTS) is 1. The van der Waals surface area contributed by atoms with Crippen LogP contribution in [0.1, 0.15) is 38.5 Å². The van der Waals surface area contributed by atoms with Crippen LogP contribution in [0.25, 0.3) is 0 Å². The normalized spacial score (nSPS) is 24.0.